The molecular formula is C66H128O9. The first-order valence-electron chi connectivity index (χ1n) is 33.1. The lowest BCUT2D eigenvalue weighted by Crippen LogP contribution is -2.38. The first-order chi connectivity index (χ1) is 36.9. The smallest absolute Gasteiger partial charge is 0.305 e. The Hall–Kier alpha value is -1.71. The lowest BCUT2D eigenvalue weighted by molar-refractivity contribution is -0.147. The quantitative estimate of drug-likeness (QED) is 0.0334. The molecule has 9 nitrogen and oxygen atoms in total. The highest BCUT2D eigenvalue weighted by atomic mass is 16.6. The summed E-state index contributed by atoms with van der Waals surface area (Å²) in [4.78, 5) is 37.4. The Morgan fingerprint density at radius 3 is 0.587 bits per heavy atom. The highest BCUT2D eigenvalue weighted by molar-refractivity contribution is 5.69. The second kappa shape index (κ2) is 61.5. The molecule has 0 saturated carbocycles. The highest BCUT2D eigenvalue weighted by Gasteiger charge is 2.30. The minimum absolute atomic E-state index is 0.162. The summed E-state index contributed by atoms with van der Waals surface area (Å²) in [5.74, 6) is -0.486. The topological polar surface area (TPSA) is 107 Å². The molecule has 0 fully saturated rings. The molecular weight excluding hydrogens is 937 g/mol. The van der Waals surface area contributed by atoms with E-state index in [-0.39, 0.29) is 37.7 Å². The van der Waals surface area contributed by atoms with E-state index < -0.39 is 5.41 Å². The molecule has 0 aliphatic carbocycles. The summed E-state index contributed by atoms with van der Waals surface area (Å²) in [6.07, 6.45) is 60.4. The first-order valence-corrected chi connectivity index (χ1v) is 33.1. The van der Waals surface area contributed by atoms with Gasteiger partial charge in [0, 0.05) is 24.7 Å². The zero-order chi connectivity index (χ0) is 54.5. The van der Waals surface area contributed by atoms with E-state index >= 15 is 0 Å². The molecule has 0 saturated heterocycles. The molecule has 0 aromatic rings. The molecule has 0 aliphatic heterocycles. The monoisotopic (exact) mass is 1060 g/mol. The molecule has 0 aliphatic rings. The van der Waals surface area contributed by atoms with Crippen LogP contribution >= 0.6 is 0 Å². The van der Waals surface area contributed by atoms with Gasteiger partial charge in [-0.2, -0.15) is 0 Å². The molecule has 0 N–H and O–H groups in total. The predicted molar refractivity (Wildman–Crippen MR) is 317 cm³/mol. The van der Waals surface area contributed by atoms with Crippen molar-refractivity contribution in [2.75, 3.05) is 59.5 Å². The molecule has 0 spiro atoms. The van der Waals surface area contributed by atoms with E-state index in [1.54, 1.807) is 0 Å². The van der Waals surface area contributed by atoms with Gasteiger partial charge in [0.2, 0.25) is 0 Å². The summed E-state index contributed by atoms with van der Waals surface area (Å²) in [6.45, 7) is 11.5. The highest BCUT2D eigenvalue weighted by Crippen LogP contribution is 2.25. The van der Waals surface area contributed by atoms with Crippen LogP contribution in [0.1, 0.15) is 342 Å². The van der Waals surface area contributed by atoms with Crippen LogP contribution in [0.25, 0.3) is 0 Å². The maximum Gasteiger partial charge on any atom is 0.305 e. The van der Waals surface area contributed by atoms with Crippen molar-refractivity contribution < 1.29 is 42.8 Å². The molecule has 0 amide bonds. The Bertz CT molecular complexity index is 1030. The van der Waals surface area contributed by atoms with Crippen LogP contribution in [0.15, 0.2) is 0 Å². The fourth-order valence-corrected chi connectivity index (χ4v) is 10.1. The minimum Gasteiger partial charge on any atom is -0.463 e. The fraction of sp³-hybridized carbons (Fsp3) is 0.955. The number of carbonyl (C=O) groups is 3. The van der Waals surface area contributed by atoms with Gasteiger partial charge in [0.15, 0.2) is 0 Å². The Balaban J connectivity index is 4.44. The summed E-state index contributed by atoms with van der Waals surface area (Å²) in [5, 5.41) is 0. The van der Waals surface area contributed by atoms with Crippen molar-refractivity contribution in [3.8, 4) is 0 Å². The number of rotatable bonds is 64. The fourth-order valence-electron chi connectivity index (χ4n) is 10.1. The average Bonchev–Trinajstić information content (AvgIpc) is 3.41. The summed E-state index contributed by atoms with van der Waals surface area (Å²) in [6, 6.07) is 0. The van der Waals surface area contributed by atoms with E-state index in [1.807, 2.05) is 0 Å². The predicted octanol–water partition coefficient (Wildman–Crippen LogP) is 19.8. The van der Waals surface area contributed by atoms with E-state index in [1.165, 1.54) is 250 Å². The Morgan fingerprint density at radius 2 is 0.413 bits per heavy atom. The number of esters is 3. The van der Waals surface area contributed by atoms with Crippen molar-refractivity contribution in [3.63, 3.8) is 0 Å². The first kappa shape index (κ1) is 73.3. The summed E-state index contributed by atoms with van der Waals surface area (Å²) in [7, 11) is 0. The molecule has 0 heterocycles. The van der Waals surface area contributed by atoms with Gasteiger partial charge < -0.3 is 28.4 Å². The molecule has 0 atom stereocenters. The molecule has 0 unspecified atom stereocenters. The molecule has 75 heavy (non-hydrogen) atoms. The average molecular weight is 1070 g/mol. The summed E-state index contributed by atoms with van der Waals surface area (Å²) >= 11 is 0. The van der Waals surface area contributed by atoms with Crippen LogP contribution in [0.2, 0.25) is 0 Å². The molecule has 0 bridgehead atoms. The van der Waals surface area contributed by atoms with E-state index in [2.05, 4.69) is 27.7 Å². The van der Waals surface area contributed by atoms with Crippen LogP contribution in [0.5, 0.6) is 0 Å². The van der Waals surface area contributed by atoms with Gasteiger partial charge in [0.05, 0.1) is 39.6 Å². The van der Waals surface area contributed by atoms with E-state index in [4.69, 9.17) is 28.4 Å². The Kier molecular flexibility index (Phi) is 60.1. The van der Waals surface area contributed by atoms with Crippen LogP contribution in [0.3, 0.4) is 0 Å². The van der Waals surface area contributed by atoms with Gasteiger partial charge in [0.25, 0.3) is 0 Å². The van der Waals surface area contributed by atoms with Crippen LogP contribution in [0, 0.1) is 5.41 Å². The standard InChI is InChI=1S/C66H128O9/c1-5-9-12-15-18-21-24-27-30-33-36-39-42-45-48-51-63(67)73-57-54-70-60-66(8-4,61-71-55-58-74-64(68)52-49-46-43-40-37-34-31-28-25-22-19-16-13-10-6-2)62-72-56-59-75-65(69)53-50-47-44-41-38-35-32-29-26-23-20-17-14-11-7-3/h5-62H2,1-4H3. The maximum absolute atomic E-state index is 12.5. The lowest BCUT2D eigenvalue weighted by Gasteiger charge is -2.32. The molecule has 0 radical (unpaired) electrons. The van der Waals surface area contributed by atoms with Crippen LogP contribution < -0.4 is 0 Å². The van der Waals surface area contributed by atoms with Crippen molar-refractivity contribution in [2.24, 2.45) is 5.41 Å². The zero-order valence-corrected chi connectivity index (χ0v) is 50.7. The van der Waals surface area contributed by atoms with Crippen molar-refractivity contribution in [2.45, 2.75) is 342 Å². The minimum atomic E-state index is -0.465. The maximum atomic E-state index is 12.5. The van der Waals surface area contributed by atoms with Gasteiger partial charge in [-0.25, -0.2) is 0 Å². The third kappa shape index (κ3) is 56.8. The summed E-state index contributed by atoms with van der Waals surface area (Å²) in [5.41, 5.74) is -0.465. The van der Waals surface area contributed by atoms with E-state index in [0.717, 1.165) is 44.9 Å². The largest absolute Gasteiger partial charge is 0.463 e. The second-order valence-corrected chi connectivity index (χ2v) is 22.8. The second-order valence-electron chi connectivity index (χ2n) is 22.8. The number of ether oxygens (including phenoxy) is 6. The van der Waals surface area contributed by atoms with Crippen LogP contribution in [0.4, 0.5) is 0 Å². The third-order valence-corrected chi connectivity index (χ3v) is 15.4. The van der Waals surface area contributed by atoms with Crippen molar-refractivity contribution in [3.05, 3.63) is 0 Å². The van der Waals surface area contributed by atoms with Crippen molar-refractivity contribution >= 4 is 17.9 Å². The van der Waals surface area contributed by atoms with Crippen molar-refractivity contribution in [1.29, 1.82) is 0 Å². The van der Waals surface area contributed by atoms with E-state index in [9.17, 15) is 14.4 Å². The van der Waals surface area contributed by atoms with Crippen LogP contribution in [-0.4, -0.2) is 77.4 Å². The Morgan fingerprint density at radius 1 is 0.240 bits per heavy atom. The summed E-state index contributed by atoms with van der Waals surface area (Å²) < 4.78 is 34.8. The molecule has 9 heteroatoms. The van der Waals surface area contributed by atoms with Gasteiger partial charge >= 0.3 is 17.9 Å². The number of unbranched alkanes of at least 4 members (excludes halogenated alkanes) is 42. The molecule has 0 rings (SSSR count). The van der Waals surface area contributed by atoms with Crippen LogP contribution in [-0.2, 0) is 42.8 Å². The third-order valence-electron chi connectivity index (χ3n) is 15.4. The SMILES string of the molecule is CCCCCCCCCCCCCCCCCC(=O)OCCOCC(CC)(COCCOC(=O)CCCCCCCCCCCCCCCCC)COCCOC(=O)CCCCCCCCCCCCCCCCC. The number of carbonyl (C=O) groups excluding carboxylic acids is 3. The zero-order valence-electron chi connectivity index (χ0n) is 50.7. The molecule has 446 valence electrons. The lowest BCUT2D eigenvalue weighted by atomic mass is 9.88. The van der Waals surface area contributed by atoms with Crippen molar-refractivity contribution in [1.82, 2.24) is 0 Å². The number of hydrogen-bond donors (Lipinski definition) is 0. The van der Waals surface area contributed by atoms with Gasteiger partial charge in [0.1, 0.15) is 19.8 Å². The van der Waals surface area contributed by atoms with Gasteiger partial charge in [-0.3, -0.25) is 14.4 Å². The van der Waals surface area contributed by atoms with E-state index in [0.29, 0.717) is 58.9 Å². The number of hydrogen-bond acceptors (Lipinski definition) is 9. The molecule has 0 aromatic heterocycles. The normalized spacial score (nSPS) is 11.7. The Labute approximate surface area is 466 Å². The van der Waals surface area contributed by atoms with Gasteiger partial charge in [-0.1, -0.05) is 297 Å². The van der Waals surface area contributed by atoms with Gasteiger partial charge in [-0.05, 0) is 25.7 Å². The molecule has 0 aromatic carbocycles. The van der Waals surface area contributed by atoms with Gasteiger partial charge in [-0.15, -0.1) is 0 Å².